The molecule has 0 saturated carbocycles. The number of rotatable bonds is 8. The lowest BCUT2D eigenvalue weighted by Crippen LogP contribution is -2.41. The average molecular weight is 262 g/mol. The van der Waals surface area contributed by atoms with Gasteiger partial charge in [0.05, 0.1) is 0 Å². The van der Waals surface area contributed by atoms with Crippen molar-refractivity contribution in [3.63, 3.8) is 0 Å². The predicted molar refractivity (Wildman–Crippen MR) is 84.4 cm³/mol. The summed E-state index contributed by atoms with van der Waals surface area (Å²) >= 11 is 0. The number of hydrogen-bond donors (Lipinski definition) is 1. The Morgan fingerprint density at radius 2 is 1.74 bits per heavy atom. The van der Waals surface area contributed by atoms with Crippen LogP contribution in [0, 0.1) is 5.92 Å². The summed E-state index contributed by atoms with van der Waals surface area (Å²) in [6.07, 6.45) is 1.26. The first-order chi connectivity index (χ1) is 9.06. The van der Waals surface area contributed by atoms with E-state index in [-0.39, 0.29) is 0 Å². The molecule has 2 heteroatoms. The van der Waals surface area contributed by atoms with Crippen LogP contribution in [0.5, 0.6) is 0 Å². The summed E-state index contributed by atoms with van der Waals surface area (Å²) in [7, 11) is 2.24. The highest BCUT2D eigenvalue weighted by molar-refractivity contribution is 5.20. The Morgan fingerprint density at radius 3 is 2.26 bits per heavy atom. The number of nitrogens with zero attached hydrogens (tertiary/aromatic N) is 1. The summed E-state index contributed by atoms with van der Waals surface area (Å²) in [6.45, 7) is 11.2. The highest BCUT2D eigenvalue weighted by Crippen LogP contribution is 2.20. The summed E-state index contributed by atoms with van der Waals surface area (Å²) in [4.78, 5) is 2.47. The number of likely N-dealkylation sites (N-methyl/N-ethyl adjacent to an activating group) is 2. The lowest BCUT2D eigenvalue weighted by atomic mass is 9.99. The molecule has 0 saturated heterocycles. The molecule has 19 heavy (non-hydrogen) atoms. The Bertz CT molecular complexity index is 334. The molecule has 0 aliphatic carbocycles. The van der Waals surface area contributed by atoms with Crippen LogP contribution in [-0.4, -0.2) is 31.1 Å². The third kappa shape index (κ3) is 5.33. The highest BCUT2D eigenvalue weighted by Gasteiger charge is 2.21. The smallest absolute Gasteiger partial charge is 0.0475 e. The van der Waals surface area contributed by atoms with Crippen LogP contribution in [0.15, 0.2) is 30.3 Å². The van der Waals surface area contributed by atoms with E-state index < -0.39 is 0 Å². The molecule has 1 aromatic rings. The molecule has 1 N–H and O–H groups in total. The first-order valence-corrected chi connectivity index (χ1v) is 7.54. The molecule has 0 aliphatic rings. The molecule has 0 heterocycles. The zero-order valence-corrected chi connectivity index (χ0v) is 13.2. The molecule has 1 rings (SSSR count). The van der Waals surface area contributed by atoms with Crippen LogP contribution < -0.4 is 5.32 Å². The predicted octanol–water partition coefficient (Wildman–Crippen LogP) is 3.70. The third-order valence-electron chi connectivity index (χ3n) is 3.82. The fraction of sp³-hybridized carbons (Fsp3) is 0.647. The van der Waals surface area contributed by atoms with Crippen molar-refractivity contribution in [3.8, 4) is 0 Å². The topological polar surface area (TPSA) is 15.3 Å². The number of hydrogen-bond acceptors (Lipinski definition) is 2. The van der Waals surface area contributed by atoms with E-state index in [1.807, 2.05) is 0 Å². The maximum absolute atomic E-state index is 3.63. The molecule has 108 valence electrons. The van der Waals surface area contributed by atoms with Crippen molar-refractivity contribution < 1.29 is 0 Å². The van der Waals surface area contributed by atoms with Crippen LogP contribution in [0.3, 0.4) is 0 Å². The molecular formula is C17H30N2. The third-order valence-corrected chi connectivity index (χ3v) is 3.82. The molecule has 0 fully saturated rings. The first kappa shape index (κ1) is 16.2. The number of benzene rings is 1. The molecule has 0 radical (unpaired) electrons. The Balaban J connectivity index is 2.70. The summed E-state index contributed by atoms with van der Waals surface area (Å²) in [5.41, 5.74) is 1.38. The van der Waals surface area contributed by atoms with E-state index in [0.29, 0.717) is 12.1 Å². The van der Waals surface area contributed by atoms with Crippen molar-refractivity contribution in [3.05, 3.63) is 35.9 Å². The summed E-state index contributed by atoms with van der Waals surface area (Å²) < 4.78 is 0. The van der Waals surface area contributed by atoms with Crippen molar-refractivity contribution >= 4 is 0 Å². The minimum atomic E-state index is 0.406. The summed E-state index contributed by atoms with van der Waals surface area (Å²) in [6, 6.07) is 11.7. The fourth-order valence-electron chi connectivity index (χ4n) is 2.37. The van der Waals surface area contributed by atoms with Gasteiger partial charge in [-0.2, -0.15) is 0 Å². The lowest BCUT2D eigenvalue weighted by Gasteiger charge is -2.33. The van der Waals surface area contributed by atoms with Gasteiger partial charge in [-0.1, -0.05) is 51.1 Å². The molecule has 0 spiro atoms. The Hall–Kier alpha value is -0.860. The fourth-order valence-corrected chi connectivity index (χ4v) is 2.37. The van der Waals surface area contributed by atoms with E-state index in [9.17, 15) is 0 Å². The van der Waals surface area contributed by atoms with Crippen LogP contribution in [0.2, 0.25) is 0 Å². The molecule has 1 aromatic carbocycles. The van der Waals surface area contributed by atoms with Gasteiger partial charge in [0.2, 0.25) is 0 Å². The van der Waals surface area contributed by atoms with E-state index >= 15 is 0 Å². The summed E-state index contributed by atoms with van der Waals surface area (Å²) in [5.74, 6) is 0.768. The largest absolute Gasteiger partial charge is 0.309 e. The Morgan fingerprint density at radius 1 is 1.11 bits per heavy atom. The second-order valence-corrected chi connectivity index (χ2v) is 5.85. The normalized spacial score (nSPS) is 14.9. The van der Waals surface area contributed by atoms with Gasteiger partial charge in [-0.25, -0.2) is 0 Å². The van der Waals surface area contributed by atoms with E-state index in [4.69, 9.17) is 0 Å². The second-order valence-electron chi connectivity index (χ2n) is 5.85. The van der Waals surface area contributed by atoms with Crippen LogP contribution in [0.1, 0.15) is 45.7 Å². The van der Waals surface area contributed by atoms with Crippen molar-refractivity contribution in [1.29, 1.82) is 0 Å². The van der Waals surface area contributed by atoms with Crippen molar-refractivity contribution in [2.75, 3.05) is 20.1 Å². The van der Waals surface area contributed by atoms with Crippen LogP contribution in [0.4, 0.5) is 0 Å². The highest BCUT2D eigenvalue weighted by atomic mass is 15.2. The monoisotopic (exact) mass is 262 g/mol. The van der Waals surface area contributed by atoms with Gasteiger partial charge < -0.3 is 10.2 Å². The molecule has 0 amide bonds. The second kappa shape index (κ2) is 8.34. The summed E-state index contributed by atoms with van der Waals surface area (Å²) in [5, 5.41) is 3.63. The van der Waals surface area contributed by atoms with E-state index in [0.717, 1.165) is 19.0 Å². The van der Waals surface area contributed by atoms with E-state index in [1.54, 1.807) is 0 Å². The van der Waals surface area contributed by atoms with Gasteiger partial charge in [0.25, 0.3) is 0 Å². The standard InChI is InChI=1S/C17H30N2/c1-6-18-17(16-10-8-7-9-11-16)15(4)19(5)13-12-14(2)3/h7-11,14-15,17-18H,6,12-13H2,1-5H3. The SMILES string of the molecule is CCNC(c1ccccc1)C(C)N(C)CCC(C)C. The van der Waals surface area contributed by atoms with Gasteiger partial charge in [0.1, 0.15) is 0 Å². The molecule has 0 aliphatic heterocycles. The van der Waals surface area contributed by atoms with E-state index in [1.165, 1.54) is 12.0 Å². The lowest BCUT2D eigenvalue weighted by molar-refractivity contribution is 0.198. The van der Waals surface area contributed by atoms with Gasteiger partial charge in [0, 0.05) is 12.1 Å². The average Bonchev–Trinajstić information content (AvgIpc) is 2.42. The maximum atomic E-state index is 3.63. The van der Waals surface area contributed by atoms with E-state index in [2.05, 4.69) is 75.3 Å². The molecule has 0 bridgehead atoms. The van der Waals surface area contributed by atoms with Crippen molar-refractivity contribution in [2.45, 2.75) is 46.2 Å². The van der Waals surface area contributed by atoms with Gasteiger partial charge in [-0.05, 0) is 45.0 Å². The molecule has 2 atom stereocenters. The molecule has 2 unspecified atom stereocenters. The molecule has 2 nitrogen and oxygen atoms in total. The Kier molecular flexibility index (Phi) is 7.11. The minimum Gasteiger partial charge on any atom is -0.309 e. The van der Waals surface area contributed by atoms with Gasteiger partial charge in [-0.3, -0.25) is 0 Å². The van der Waals surface area contributed by atoms with Crippen molar-refractivity contribution in [1.82, 2.24) is 10.2 Å². The van der Waals surface area contributed by atoms with Gasteiger partial charge in [0.15, 0.2) is 0 Å². The Labute approximate surface area is 119 Å². The molecular weight excluding hydrogens is 232 g/mol. The zero-order chi connectivity index (χ0) is 14.3. The quantitative estimate of drug-likeness (QED) is 0.768. The van der Waals surface area contributed by atoms with Crippen LogP contribution >= 0.6 is 0 Å². The first-order valence-electron chi connectivity index (χ1n) is 7.54. The minimum absolute atomic E-state index is 0.406. The van der Waals surface area contributed by atoms with Crippen LogP contribution in [-0.2, 0) is 0 Å². The number of nitrogens with one attached hydrogen (secondary N) is 1. The maximum Gasteiger partial charge on any atom is 0.0475 e. The molecule has 0 aromatic heterocycles. The zero-order valence-electron chi connectivity index (χ0n) is 13.2. The van der Waals surface area contributed by atoms with Gasteiger partial charge >= 0.3 is 0 Å². The van der Waals surface area contributed by atoms with Crippen molar-refractivity contribution in [2.24, 2.45) is 5.92 Å². The van der Waals surface area contributed by atoms with Gasteiger partial charge in [-0.15, -0.1) is 0 Å². The van der Waals surface area contributed by atoms with Crippen LogP contribution in [0.25, 0.3) is 0 Å².